The maximum absolute atomic E-state index is 12.4. The molecule has 1 heterocycles. The molecule has 1 aliphatic heterocycles. The minimum atomic E-state index is -5.67. The molecule has 25 heavy (non-hydrogen) atoms. The van der Waals surface area contributed by atoms with E-state index in [1.807, 2.05) is 0 Å². The Hall–Kier alpha value is -1.70. The molecule has 0 radical (unpaired) electrons. The number of halogens is 3. The molecule has 8 heteroatoms. The van der Waals surface area contributed by atoms with Crippen molar-refractivity contribution >= 4 is 10.1 Å². The highest BCUT2D eigenvalue weighted by molar-refractivity contribution is 7.88. The third-order valence-electron chi connectivity index (χ3n) is 3.89. The lowest BCUT2D eigenvalue weighted by atomic mass is 10.0. The summed E-state index contributed by atoms with van der Waals surface area (Å²) in [6.45, 7) is 2.57. The summed E-state index contributed by atoms with van der Waals surface area (Å²) in [5.74, 6) is 0.196. The van der Waals surface area contributed by atoms with Gasteiger partial charge in [-0.05, 0) is 69.2 Å². The van der Waals surface area contributed by atoms with E-state index in [9.17, 15) is 21.6 Å². The molecule has 0 spiro atoms. The van der Waals surface area contributed by atoms with Crippen LogP contribution in [0.3, 0.4) is 0 Å². The monoisotopic (exact) mass is 378 g/mol. The zero-order valence-electron chi connectivity index (χ0n) is 13.9. The Morgan fingerprint density at radius 1 is 1.12 bits per heavy atom. The second-order valence-corrected chi connectivity index (χ2v) is 7.54. The van der Waals surface area contributed by atoms with Crippen molar-refractivity contribution in [1.82, 2.24) is 0 Å². The molecule has 2 rings (SSSR count). The molecule has 4 nitrogen and oxygen atoms in total. The number of hydrogen-bond acceptors (Lipinski definition) is 4. The number of rotatable bonds is 2. The van der Waals surface area contributed by atoms with E-state index in [0.29, 0.717) is 24.3 Å². The van der Waals surface area contributed by atoms with Crippen LogP contribution < -0.4 is 8.92 Å². The molecule has 0 aromatic heterocycles. The summed E-state index contributed by atoms with van der Waals surface area (Å²) in [6, 6.07) is 3.95. The van der Waals surface area contributed by atoms with E-state index in [0.717, 1.165) is 32.1 Å². The van der Waals surface area contributed by atoms with Gasteiger partial charge in [0.2, 0.25) is 0 Å². The van der Waals surface area contributed by atoms with Crippen molar-refractivity contribution in [2.45, 2.75) is 51.0 Å². The average molecular weight is 378 g/mol. The van der Waals surface area contributed by atoms with Crippen molar-refractivity contribution in [3.8, 4) is 11.5 Å². The zero-order valence-corrected chi connectivity index (χ0v) is 14.8. The summed E-state index contributed by atoms with van der Waals surface area (Å²) in [5, 5.41) is 0. The van der Waals surface area contributed by atoms with Crippen LogP contribution >= 0.6 is 0 Å². The standard InChI is InChI=1S/C17H21F3O4S/c1-13-6-3-2-4-8-14-12-15(24-25(21,22)17(18,19)20)9-10-16(14)23-11-5-7-13/h6,9-10,12H,2-5,7-8,11H2,1H3/b13-6+. The first-order valence-electron chi connectivity index (χ1n) is 8.11. The molecular weight excluding hydrogens is 357 g/mol. The van der Waals surface area contributed by atoms with Gasteiger partial charge in [-0.2, -0.15) is 21.6 Å². The van der Waals surface area contributed by atoms with Crippen LogP contribution in [0, 0.1) is 0 Å². The molecule has 0 bridgehead atoms. The highest BCUT2D eigenvalue weighted by Crippen LogP contribution is 2.31. The summed E-state index contributed by atoms with van der Waals surface area (Å²) in [4.78, 5) is 0. The number of fused-ring (bicyclic) bond motifs is 1. The van der Waals surface area contributed by atoms with Gasteiger partial charge in [0, 0.05) is 0 Å². The van der Waals surface area contributed by atoms with E-state index >= 15 is 0 Å². The summed E-state index contributed by atoms with van der Waals surface area (Å²) in [6.07, 6.45) is 7.23. The molecule has 140 valence electrons. The van der Waals surface area contributed by atoms with Gasteiger partial charge in [-0.15, -0.1) is 0 Å². The second-order valence-electron chi connectivity index (χ2n) is 6.00. The van der Waals surface area contributed by atoms with Crippen molar-refractivity contribution < 1.29 is 30.5 Å². The van der Waals surface area contributed by atoms with Crippen LogP contribution in [0.5, 0.6) is 11.5 Å². The van der Waals surface area contributed by atoms with Crippen molar-refractivity contribution in [3.05, 3.63) is 35.4 Å². The lowest BCUT2D eigenvalue weighted by molar-refractivity contribution is -0.0500. The molecule has 1 aliphatic rings. The normalized spacial score (nSPS) is 19.4. The van der Waals surface area contributed by atoms with Crippen LogP contribution in [0.4, 0.5) is 13.2 Å². The molecule has 0 saturated heterocycles. The fourth-order valence-electron chi connectivity index (χ4n) is 2.56. The highest BCUT2D eigenvalue weighted by atomic mass is 32.2. The van der Waals surface area contributed by atoms with E-state index in [1.54, 1.807) is 0 Å². The fraction of sp³-hybridized carbons (Fsp3) is 0.529. The lowest BCUT2D eigenvalue weighted by Gasteiger charge is -2.15. The van der Waals surface area contributed by atoms with Gasteiger partial charge >= 0.3 is 15.6 Å². The Morgan fingerprint density at radius 3 is 2.60 bits per heavy atom. The Kier molecular flexibility index (Phi) is 6.37. The number of ether oxygens (including phenoxy) is 1. The van der Waals surface area contributed by atoms with Crippen LogP contribution in [-0.4, -0.2) is 20.5 Å². The van der Waals surface area contributed by atoms with Gasteiger partial charge in [0.15, 0.2) is 0 Å². The van der Waals surface area contributed by atoms with Gasteiger partial charge < -0.3 is 8.92 Å². The first-order valence-corrected chi connectivity index (χ1v) is 9.52. The third-order valence-corrected chi connectivity index (χ3v) is 4.87. The van der Waals surface area contributed by atoms with Crippen LogP contribution in [-0.2, 0) is 16.5 Å². The first kappa shape index (κ1) is 19.6. The van der Waals surface area contributed by atoms with Crippen LogP contribution in [0.15, 0.2) is 29.8 Å². The van der Waals surface area contributed by atoms with Gasteiger partial charge in [-0.3, -0.25) is 0 Å². The Bertz CT molecular complexity index is 724. The minimum absolute atomic E-state index is 0.359. The maximum Gasteiger partial charge on any atom is 0.534 e. The molecular formula is C17H21F3O4S. The van der Waals surface area contributed by atoms with E-state index in [4.69, 9.17) is 4.74 Å². The Balaban J connectivity index is 2.18. The number of benzene rings is 1. The summed E-state index contributed by atoms with van der Waals surface area (Å²) < 4.78 is 69.5. The lowest BCUT2D eigenvalue weighted by Crippen LogP contribution is -2.28. The van der Waals surface area contributed by atoms with Crippen LogP contribution in [0.25, 0.3) is 0 Å². The van der Waals surface area contributed by atoms with E-state index < -0.39 is 15.6 Å². The summed E-state index contributed by atoms with van der Waals surface area (Å²) >= 11 is 0. The summed E-state index contributed by atoms with van der Waals surface area (Å²) in [7, 11) is -5.67. The molecule has 0 fully saturated rings. The Labute approximate surface area is 145 Å². The number of allylic oxidation sites excluding steroid dienone is 2. The van der Waals surface area contributed by atoms with Crippen molar-refractivity contribution in [2.24, 2.45) is 0 Å². The third kappa shape index (κ3) is 5.66. The minimum Gasteiger partial charge on any atom is -0.493 e. The fourth-order valence-corrected chi connectivity index (χ4v) is 3.01. The van der Waals surface area contributed by atoms with Gasteiger partial charge in [0.05, 0.1) is 6.61 Å². The van der Waals surface area contributed by atoms with Gasteiger partial charge in [-0.1, -0.05) is 11.6 Å². The predicted molar refractivity (Wildman–Crippen MR) is 88.1 cm³/mol. The topological polar surface area (TPSA) is 52.6 Å². The van der Waals surface area contributed by atoms with Crippen LogP contribution in [0.2, 0.25) is 0 Å². The maximum atomic E-state index is 12.4. The molecule has 1 aromatic rings. The molecule has 0 aliphatic carbocycles. The SMILES string of the molecule is C/C1=C\CCCCc2cc(OS(=O)(=O)C(F)(F)F)ccc2OCCC1. The Morgan fingerprint density at radius 2 is 1.88 bits per heavy atom. The molecule has 0 N–H and O–H groups in total. The number of aryl methyl sites for hydroxylation is 1. The molecule has 0 atom stereocenters. The summed E-state index contributed by atoms with van der Waals surface area (Å²) in [5.41, 5.74) is -3.48. The first-order chi connectivity index (χ1) is 11.7. The van der Waals surface area contributed by atoms with Gasteiger partial charge in [-0.25, -0.2) is 0 Å². The average Bonchev–Trinajstić information content (AvgIpc) is 2.50. The number of alkyl halides is 3. The quantitative estimate of drug-likeness (QED) is 0.423. The molecule has 1 aromatic carbocycles. The highest BCUT2D eigenvalue weighted by Gasteiger charge is 2.48. The van der Waals surface area contributed by atoms with Crippen molar-refractivity contribution in [2.75, 3.05) is 6.61 Å². The molecule has 0 saturated carbocycles. The van der Waals surface area contributed by atoms with Crippen molar-refractivity contribution in [1.29, 1.82) is 0 Å². The zero-order chi connectivity index (χ0) is 18.5. The van der Waals surface area contributed by atoms with Crippen LogP contribution in [0.1, 0.15) is 44.6 Å². The smallest absolute Gasteiger partial charge is 0.493 e. The predicted octanol–water partition coefficient (Wildman–Crippen LogP) is 4.75. The molecule has 0 unspecified atom stereocenters. The van der Waals surface area contributed by atoms with Gasteiger partial charge in [0.1, 0.15) is 11.5 Å². The second kappa shape index (κ2) is 8.12. The largest absolute Gasteiger partial charge is 0.534 e. The number of hydrogen-bond donors (Lipinski definition) is 0. The van der Waals surface area contributed by atoms with Crippen molar-refractivity contribution in [3.63, 3.8) is 0 Å². The van der Waals surface area contributed by atoms with E-state index in [1.165, 1.54) is 23.8 Å². The van der Waals surface area contributed by atoms with Gasteiger partial charge in [0.25, 0.3) is 0 Å². The van der Waals surface area contributed by atoms with E-state index in [-0.39, 0.29) is 5.75 Å². The molecule has 0 amide bonds. The van der Waals surface area contributed by atoms with E-state index in [2.05, 4.69) is 17.2 Å².